The van der Waals surface area contributed by atoms with Gasteiger partial charge in [-0.1, -0.05) is 34.1 Å². The number of furan rings is 1. The van der Waals surface area contributed by atoms with Crippen LogP contribution in [-0.4, -0.2) is 49.9 Å². The molecule has 1 aliphatic rings. The standard InChI is InChI=1S/C28H29BrN4O7/c1-4-38-23-13-18(26-25(27(35)37-3)16(2)31-28(36)32-26)8-10-22(23)39-15-24(34)33-30-14-20-9-11-21(40-20)17-6-5-7-19(29)12-17/h5-14,24,26,33-34H,4,15H2,1-3H3,(H2,31,32,36)/b30-14+/t24-,26-/m0/s1. The Hall–Kier alpha value is -4.29. The smallest absolute Gasteiger partial charge is 0.337 e. The number of carbonyl (C=O) groups is 2. The summed E-state index contributed by atoms with van der Waals surface area (Å²) in [6.07, 6.45) is 0.317. The molecule has 2 atom stereocenters. The topological polar surface area (TPSA) is 144 Å². The average molecular weight is 613 g/mol. The summed E-state index contributed by atoms with van der Waals surface area (Å²) < 4.78 is 23.1. The van der Waals surface area contributed by atoms with Crippen LogP contribution in [0.1, 0.15) is 31.2 Å². The fourth-order valence-corrected chi connectivity index (χ4v) is 4.43. The van der Waals surface area contributed by atoms with Crippen LogP contribution >= 0.6 is 15.9 Å². The minimum atomic E-state index is -1.13. The van der Waals surface area contributed by atoms with Crippen LogP contribution in [0, 0.1) is 0 Å². The maximum absolute atomic E-state index is 12.4. The summed E-state index contributed by atoms with van der Waals surface area (Å²) in [6.45, 7) is 3.64. The molecule has 11 nitrogen and oxygen atoms in total. The Morgan fingerprint density at radius 1 is 1.20 bits per heavy atom. The van der Waals surface area contributed by atoms with E-state index in [4.69, 9.17) is 18.6 Å². The summed E-state index contributed by atoms with van der Waals surface area (Å²) >= 11 is 3.44. The van der Waals surface area contributed by atoms with Crippen LogP contribution in [0.2, 0.25) is 0 Å². The molecule has 1 aromatic heterocycles. The monoisotopic (exact) mass is 612 g/mol. The molecule has 12 heteroatoms. The number of hydrogen-bond acceptors (Lipinski definition) is 9. The van der Waals surface area contributed by atoms with Crippen molar-refractivity contribution in [3.8, 4) is 22.8 Å². The SMILES string of the molecule is CCOc1cc([C@@H]2NC(=O)NC(C)=C2C(=O)OC)ccc1OC[C@H](O)N/N=C/c1ccc(-c2cccc(Br)c2)o1. The third-order valence-electron chi connectivity index (χ3n) is 5.82. The number of nitrogens with one attached hydrogen (secondary N) is 3. The molecule has 0 unspecified atom stereocenters. The number of hydrazone groups is 1. The first kappa shape index (κ1) is 28.7. The van der Waals surface area contributed by atoms with Crippen LogP contribution < -0.4 is 25.5 Å². The van der Waals surface area contributed by atoms with Crippen molar-refractivity contribution < 1.29 is 33.3 Å². The van der Waals surface area contributed by atoms with E-state index in [1.54, 1.807) is 31.2 Å². The van der Waals surface area contributed by atoms with Crippen molar-refractivity contribution in [2.75, 3.05) is 20.3 Å². The summed E-state index contributed by atoms with van der Waals surface area (Å²) in [5.74, 6) is 1.36. The van der Waals surface area contributed by atoms with Gasteiger partial charge in [0, 0.05) is 15.7 Å². The van der Waals surface area contributed by atoms with Crippen LogP contribution in [0.3, 0.4) is 0 Å². The molecule has 0 radical (unpaired) electrons. The molecule has 1 aliphatic heterocycles. The minimum absolute atomic E-state index is 0.144. The normalized spacial score (nSPS) is 15.8. The number of esters is 1. The van der Waals surface area contributed by atoms with Crippen LogP contribution in [0.25, 0.3) is 11.3 Å². The Labute approximate surface area is 239 Å². The van der Waals surface area contributed by atoms with Gasteiger partial charge in [0.05, 0.1) is 31.5 Å². The fourth-order valence-electron chi connectivity index (χ4n) is 4.03. The van der Waals surface area contributed by atoms with E-state index in [1.165, 1.54) is 13.3 Å². The number of urea groups is 1. The average Bonchev–Trinajstić information content (AvgIpc) is 3.41. The first-order valence-electron chi connectivity index (χ1n) is 12.4. The molecule has 3 aromatic rings. The van der Waals surface area contributed by atoms with E-state index >= 15 is 0 Å². The van der Waals surface area contributed by atoms with Gasteiger partial charge >= 0.3 is 12.0 Å². The van der Waals surface area contributed by atoms with Gasteiger partial charge < -0.3 is 34.4 Å². The molecule has 2 heterocycles. The second-order valence-electron chi connectivity index (χ2n) is 8.63. The molecular formula is C28H29BrN4O7. The zero-order chi connectivity index (χ0) is 28.6. The highest BCUT2D eigenvalue weighted by molar-refractivity contribution is 9.10. The lowest BCUT2D eigenvalue weighted by molar-refractivity contribution is -0.136. The molecule has 0 bridgehead atoms. The molecule has 40 heavy (non-hydrogen) atoms. The number of carbonyl (C=O) groups excluding carboxylic acids is 2. The second-order valence-corrected chi connectivity index (χ2v) is 9.54. The number of hydrogen-bond donors (Lipinski definition) is 4. The highest BCUT2D eigenvalue weighted by Crippen LogP contribution is 2.35. The van der Waals surface area contributed by atoms with E-state index in [0.29, 0.717) is 40.9 Å². The summed E-state index contributed by atoms with van der Waals surface area (Å²) in [7, 11) is 1.28. The number of aliphatic hydroxyl groups is 1. The Morgan fingerprint density at radius 3 is 2.77 bits per heavy atom. The van der Waals surface area contributed by atoms with Crippen molar-refractivity contribution in [1.82, 2.24) is 16.1 Å². The van der Waals surface area contributed by atoms with Crippen LogP contribution in [0.5, 0.6) is 11.5 Å². The van der Waals surface area contributed by atoms with Gasteiger partial charge in [0.25, 0.3) is 0 Å². The van der Waals surface area contributed by atoms with Gasteiger partial charge in [-0.2, -0.15) is 5.10 Å². The lowest BCUT2D eigenvalue weighted by Gasteiger charge is -2.28. The molecule has 0 spiro atoms. The number of rotatable bonds is 11. The molecule has 2 aromatic carbocycles. The third kappa shape index (κ3) is 7.01. The highest BCUT2D eigenvalue weighted by Gasteiger charge is 2.32. The van der Waals surface area contributed by atoms with Gasteiger partial charge in [-0.3, -0.25) is 5.43 Å². The summed E-state index contributed by atoms with van der Waals surface area (Å²) in [5, 5.41) is 19.7. The number of nitrogens with zero attached hydrogens (tertiary/aromatic N) is 1. The van der Waals surface area contributed by atoms with Crippen LogP contribution in [0.15, 0.2) is 79.9 Å². The second kappa shape index (κ2) is 13.2. The van der Waals surface area contributed by atoms with Crippen molar-refractivity contribution in [1.29, 1.82) is 0 Å². The predicted molar refractivity (Wildman–Crippen MR) is 151 cm³/mol. The molecule has 0 aliphatic carbocycles. The van der Waals surface area contributed by atoms with Crippen LogP contribution in [0.4, 0.5) is 4.79 Å². The minimum Gasteiger partial charge on any atom is -0.490 e. The van der Waals surface area contributed by atoms with E-state index < -0.39 is 24.3 Å². The van der Waals surface area contributed by atoms with Gasteiger partial charge in [0.2, 0.25) is 0 Å². The van der Waals surface area contributed by atoms with E-state index in [-0.39, 0.29) is 12.2 Å². The number of ether oxygens (including phenoxy) is 3. The molecule has 0 saturated heterocycles. The maximum atomic E-state index is 12.4. The van der Waals surface area contributed by atoms with E-state index in [0.717, 1.165) is 10.0 Å². The molecular weight excluding hydrogens is 584 g/mol. The summed E-state index contributed by atoms with van der Waals surface area (Å²) in [4.78, 5) is 24.5. The van der Waals surface area contributed by atoms with Crippen molar-refractivity contribution >= 4 is 34.1 Å². The number of aliphatic hydroxyl groups excluding tert-OH is 1. The molecule has 2 amide bonds. The van der Waals surface area contributed by atoms with Crippen molar-refractivity contribution in [2.24, 2.45) is 5.10 Å². The number of allylic oxidation sites excluding steroid dienone is 1. The Morgan fingerprint density at radius 2 is 2.02 bits per heavy atom. The first-order valence-corrected chi connectivity index (χ1v) is 13.2. The predicted octanol–water partition coefficient (Wildman–Crippen LogP) is 4.23. The molecule has 4 rings (SSSR count). The molecule has 0 fully saturated rings. The van der Waals surface area contributed by atoms with E-state index in [2.05, 4.69) is 37.1 Å². The van der Waals surface area contributed by atoms with Gasteiger partial charge in [-0.15, -0.1) is 0 Å². The zero-order valence-electron chi connectivity index (χ0n) is 22.1. The maximum Gasteiger partial charge on any atom is 0.337 e. The quantitative estimate of drug-likeness (QED) is 0.109. The zero-order valence-corrected chi connectivity index (χ0v) is 23.7. The first-order chi connectivity index (χ1) is 19.3. The van der Waals surface area contributed by atoms with Crippen molar-refractivity contribution in [3.63, 3.8) is 0 Å². The van der Waals surface area contributed by atoms with Gasteiger partial charge in [-0.25, -0.2) is 9.59 Å². The molecule has 210 valence electrons. The van der Waals surface area contributed by atoms with Gasteiger partial charge in [-0.05, 0) is 55.8 Å². The van der Waals surface area contributed by atoms with Crippen molar-refractivity contribution in [3.05, 3.63) is 81.7 Å². The number of amides is 2. The Kier molecular flexibility index (Phi) is 9.46. The number of benzene rings is 2. The van der Waals surface area contributed by atoms with Crippen molar-refractivity contribution in [2.45, 2.75) is 26.1 Å². The lowest BCUT2D eigenvalue weighted by atomic mass is 9.95. The Balaban J connectivity index is 1.39. The fraction of sp³-hybridized carbons (Fsp3) is 0.250. The molecule has 0 saturated carbocycles. The summed E-state index contributed by atoms with van der Waals surface area (Å²) in [5.41, 5.74) is 4.77. The van der Waals surface area contributed by atoms with E-state index in [9.17, 15) is 14.7 Å². The molecule has 4 N–H and O–H groups in total. The number of halogens is 1. The number of methoxy groups -OCH3 is 1. The van der Waals surface area contributed by atoms with E-state index in [1.807, 2.05) is 37.3 Å². The van der Waals surface area contributed by atoms with Gasteiger partial charge in [0.1, 0.15) is 18.1 Å². The van der Waals surface area contributed by atoms with Gasteiger partial charge in [0.15, 0.2) is 17.7 Å². The third-order valence-corrected chi connectivity index (χ3v) is 6.32. The summed E-state index contributed by atoms with van der Waals surface area (Å²) in [6, 6.07) is 15.2. The van der Waals surface area contributed by atoms with Crippen LogP contribution in [-0.2, 0) is 9.53 Å². The lowest BCUT2D eigenvalue weighted by Crippen LogP contribution is -2.45. The largest absolute Gasteiger partial charge is 0.490 e. The Bertz CT molecular complexity index is 1440. The highest BCUT2D eigenvalue weighted by atomic mass is 79.9.